The molecule has 1 atom stereocenters. The minimum Gasteiger partial charge on any atom is -0.458 e. The van der Waals surface area contributed by atoms with E-state index in [4.69, 9.17) is 15.5 Å². The number of pyridine rings is 2. The van der Waals surface area contributed by atoms with Crippen molar-refractivity contribution in [2.75, 3.05) is 0 Å². The van der Waals surface area contributed by atoms with Crippen LogP contribution in [0.3, 0.4) is 0 Å². The van der Waals surface area contributed by atoms with E-state index in [-0.39, 0.29) is 42.8 Å². The standard InChI is InChI=1S/C25H24FN3O4/c1-5-25(32)16-6-19-22-14(9-29(19)23(30)15(16)10-33-24(25)31)13(8-27)21-18(28-22)7-17(26)12(4)20(21)11(2)3/h6-7,32H,2,5,8-10,27H2,1,3-4H3/t25-/m0/s1. The Morgan fingerprint density at radius 3 is 2.73 bits per heavy atom. The van der Waals surface area contributed by atoms with E-state index < -0.39 is 17.4 Å². The van der Waals surface area contributed by atoms with Gasteiger partial charge in [-0.25, -0.2) is 14.2 Å². The molecule has 1 aromatic carbocycles. The molecule has 4 heterocycles. The lowest BCUT2D eigenvalue weighted by atomic mass is 9.86. The van der Waals surface area contributed by atoms with E-state index in [9.17, 15) is 19.1 Å². The van der Waals surface area contributed by atoms with Crippen molar-refractivity contribution in [2.45, 2.75) is 52.5 Å². The molecule has 0 saturated heterocycles. The lowest BCUT2D eigenvalue weighted by molar-refractivity contribution is -0.172. The van der Waals surface area contributed by atoms with Gasteiger partial charge in [-0.1, -0.05) is 19.1 Å². The molecule has 33 heavy (non-hydrogen) atoms. The van der Waals surface area contributed by atoms with Crippen LogP contribution in [0.4, 0.5) is 4.39 Å². The fourth-order valence-electron chi connectivity index (χ4n) is 5.16. The van der Waals surface area contributed by atoms with Gasteiger partial charge in [-0.3, -0.25) is 4.79 Å². The van der Waals surface area contributed by atoms with Gasteiger partial charge >= 0.3 is 5.97 Å². The minimum atomic E-state index is -1.91. The second-order valence-corrected chi connectivity index (χ2v) is 8.76. The fourth-order valence-corrected chi connectivity index (χ4v) is 5.16. The first kappa shape index (κ1) is 21.5. The van der Waals surface area contributed by atoms with Crippen LogP contribution in [0.25, 0.3) is 27.9 Å². The third kappa shape index (κ3) is 2.71. The molecule has 0 bridgehead atoms. The summed E-state index contributed by atoms with van der Waals surface area (Å²) in [5.74, 6) is -1.18. The normalized spacial score (nSPS) is 18.7. The van der Waals surface area contributed by atoms with Gasteiger partial charge in [0, 0.05) is 29.1 Å². The lowest BCUT2D eigenvalue weighted by Gasteiger charge is -2.31. The number of nitrogens with zero attached hydrogens (tertiary/aromatic N) is 2. The predicted octanol–water partition coefficient (Wildman–Crippen LogP) is 3.02. The molecule has 2 aromatic heterocycles. The molecular weight excluding hydrogens is 425 g/mol. The molecule has 3 N–H and O–H groups in total. The molecule has 2 aliphatic heterocycles. The molecule has 0 amide bonds. The molecule has 0 unspecified atom stereocenters. The number of allylic oxidation sites excluding steroid dienone is 1. The van der Waals surface area contributed by atoms with Crippen LogP contribution < -0.4 is 11.3 Å². The molecule has 0 aliphatic carbocycles. The Kier molecular flexibility index (Phi) is 4.60. The Labute approximate surface area is 189 Å². The summed E-state index contributed by atoms with van der Waals surface area (Å²) in [6.45, 7) is 9.37. The number of ether oxygens (including phenoxy) is 1. The number of aliphatic hydroxyl groups is 1. The highest BCUT2D eigenvalue weighted by atomic mass is 19.1. The SMILES string of the molecule is C=C(C)c1c(C)c(F)cc2nc3c(c(CN)c12)Cn1c-3cc2c(c1=O)COC(=O)[C@]2(O)CC. The van der Waals surface area contributed by atoms with Crippen molar-refractivity contribution in [1.29, 1.82) is 0 Å². The highest BCUT2D eigenvalue weighted by molar-refractivity contribution is 5.98. The lowest BCUT2D eigenvalue weighted by Crippen LogP contribution is -2.44. The number of esters is 1. The summed E-state index contributed by atoms with van der Waals surface area (Å²) in [7, 11) is 0. The van der Waals surface area contributed by atoms with E-state index in [0.717, 1.165) is 16.5 Å². The first-order valence-corrected chi connectivity index (χ1v) is 10.8. The van der Waals surface area contributed by atoms with Crippen molar-refractivity contribution in [1.82, 2.24) is 9.55 Å². The average molecular weight is 449 g/mol. The molecule has 5 rings (SSSR count). The first-order chi connectivity index (χ1) is 15.6. The molecule has 2 aliphatic rings. The number of rotatable bonds is 3. The smallest absolute Gasteiger partial charge is 0.343 e. The van der Waals surface area contributed by atoms with E-state index in [2.05, 4.69) is 6.58 Å². The minimum absolute atomic E-state index is 0.0558. The van der Waals surface area contributed by atoms with E-state index in [0.29, 0.717) is 33.6 Å². The van der Waals surface area contributed by atoms with Crippen LogP contribution >= 0.6 is 0 Å². The van der Waals surface area contributed by atoms with Gasteiger partial charge in [-0.2, -0.15) is 0 Å². The summed E-state index contributed by atoms with van der Waals surface area (Å²) in [4.78, 5) is 30.5. The molecular formula is C25H24FN3O4. The molecule has 170 valence electrons. The summed E-state index contributed by atoms with van der Waals surface area (Å²) in [5.41, 5.74) is 9.16. The van der Waals surface area contributed by atoms with Crippen LogP contribution in [0, 0.1) is 12.7 Å². The Balaban J connectivity index is 1.88. The van der Waals surface area contributed by atoms with Gasteiger partial charge in [0.15, 0.2) is 5.60 Å². The largest absolute Gasteiger partial charge is 0.458 e. The topological polar surface area (TPSA) is 107 Å². The van der Waals surface area contributed by atoms with E-state index >= 15 is 0 Å². The van der Waals surface area contributed by atoms with Gasteiger partial charge in [0.1, 0.15) is 12.4 Å². The van der Waals surface area contributed by atoms with Crippen LogP contribution in [-0.2, 0) is 34.8 Å². The third-order valence-corrected chi connectivity index (χ3v) is 6.92. The number of hydrogen-bond donors (Lipinski definition) is 2. The van der Waals surface area contributed by atoms with Gasteiger partial charge in [0.2, 0.25) is 0 Å². The van der Waals surface area contributed by atoms with Crippen LogP contribution in [0.5, 0.6) is 0 Å². The molecule has 0 radical (unpaired) electrons. The molecule has 8 heteroatoms. The van der Waals surface area contributed by atoms with Crippen LogP contribution in [0.15, 0.2) is 23.5 Å². The van der Waals surface area contributed by atoms with Crippen molar-refractivity contribution in [3.05, 3.63) is 68.3 Å². The molecule has 3 aromatic rings. The Morgan fingerprint density at radius 2 is 2.09 bits per heavy atom. The third-order valence-electron chi connectivity index (χ3n) is 6.92. The summed E-state index contributed by atoms with van der Waals surface area (Å²) >= 11 is 0. The van der Waals surface area contributed by atoms with Gasteiger partial charge < -0.3 is 20.1 Å². The predicted molar refractivity (Wildman–Crippen MR) is 122 cm³/mol. The maximum Gasteiger partial charge on any atom is 0.343 e. The Morgan fingerprint density at radius 1 is 1.36 bits per heavy atom. The molecule has 7 nitrogen and oxygen atoms in total. The zero-order valence-corrected chi connectivity index (χ0v) is 18.7. The number of nitrogens with two attached hydrogens (primary N) is 1. The van der Waals surface area contributed by atoms with Gasteiger partial charge in [0.25, 0.3) is 5.56 Å². The highest BCUT2D eigenvalue weighted by Crippen LogP contribution is 2.42. The highest BCUT2D eigenvalue weighted by Gasteiger charge is 2.45. The van der Waals surface area contributed by atoms with Crippen LogP contribution in [0.1, 0.15) is 53.6 Å². The van der Waals surface area contributed by atoms with Crippen LogP contribution in [0.2, 0.25) is 0 Å². The van der Waals surface area contributed by atoms with E-state index in [1.807, 2.05) is 6.92 Å². The van der Waals surface area contributed by atoms with Gasteiger partial charge in [0.05, 0.1) is 29.0 Å². The molecule has 0 saturated carbocycles. The van der Waals surface area contributed by atoms with Crippen molar-refractivity contribution in [2.24, 2.45) is 5.73 Å². The number of benzene rings is 1. The van der Waals surface area contributed by atoms with E-state index in [1.54, 1.807) is 24.5 Å². The number of aromatic nitrogens is 2. The van der Waals surface area contributed by atoms with Crippen LogP contribution in [-0.4, -0.2) is 20.6 Å². The summed E-state index contributed by atoms with van der Waals surface area (Å²) in [6.07, 6.45) is 0.0558. The average Bonchev–Trinajstić information content (AvgIpc) is 3.14. The van der Waals surface area contributed by atoms with E-state index in [1.165, 1.54) is 6.07 Å². The fraction of sp³-hybridized carbons (Fsp3) is 0.320. The van der Waals surface area contributed by atoms with Crippen molar-refractivity contribution < 1.29 is 19.0 Å². The Hall–Kier alpha value is -3.36. The quantitative estimate of drug-likeness (QED) is 0.466. The number of cyclic esters (lactones) is 1. The van der Waals surface area contributed by atoms with Gasteiger partial charge in [-0.05, 0) is 43.0 Å². The first-order valence-electron chi connectivity index (χ1n) is 10.8. The number of fused-ring (bicyclic) bond motifs is 5. The maximum absolute atomic E-state index is 14.8. The Bertz CT molecular complexity index is 1470. The van der Waals surface area contributed by atoms with Crippen molar-refractivity contribution >= 4 is 22.4 Å². The van der Waals surface area contributed by atoms with Crippen molar-refractivity contribution in [3.63, 3.8) is 0 Å². The monoisotopic (exact) mass is 449 g/mol. The second-order valence-electron chi connectivity index (χ2n) is 8.76. The maximum atomic E-state index is 14.8. The summed E-state index contributed by atoms with van der Waals surface area (Å²) in [5, 5.41) is 11.8. The zero-order valence-electron chi connectivity index (χ0n) is 18.7. The number of carbonyl (C=O) groups is 1. The summed E-state index contributed by atoms with van der Waals surface area (Å²) in [6, 6.07) is 3.01. The zero-order chi connectivity index (χ0) is 23.8. The summed E-state index contributed by atoms with van der Waals surface area (Å²) < 4.78 is 21.4. The molecule has 0 spiro atoms. The number of halogens is 1. The second kappa shape index (κ2) is 7.07. The van der Waals surface area contributed by atoms with Crippen molar-refractivity contribution in [3.8, 4) is 11.4 Å². The van der Waals surface area contributed by atoms with Gasteiger partial charge in [-0.15, -0.1) is 0 Å². The molecule has 0 fully saturated rings. The number of carbonyl (C=O) groups excluding carboxylic acids is 1. The number of hydrogen-bond acceptors (Lipinski definition) is 6.